The average Bonchev–Trinajstić information content (AvgIpc) is 2.71. The highest BCUT2D eigenvalue weighted by molar-refractivity contribution is 5.96. The highest BCUT2D eigenvalue weighted by atomic mass is 16.1. The number of hydrogen-bond donors (Lipinski definition) is 2. The van der Waals surface area contributed by atoms with Gasteiger partial charge < -0.3 is 10.6 Å². The number of carbonyl (C=O) groups excluding carboxylic acids is 1. The zero-order valence-electron chi connectivity index (χ0n) is 19.8. The van der Waals surface area contributed by atoms with E-state index in [9.17, 15) is 4.79 Å². The van der Waals surface area contributed by atoms with Crippen LogP contribution < -0.4 is 10.6 Å². The number of nitrogens with one attached hydrogen (secondary N) is 2. The first-order chi connectivity index (χ1) is 13.9. The number of hydrogen-bond acceptors (Lipinski definition) is 2. The minimum absolute atomic E-state index is 0.00959. The lowest BCUT2D eigenvalue weighted by atomic mass is 9.80. The van der Waals surface area contributed by atoms with Crippen LogP contribution in [-0.4, -0.2) is 25.0 Å². The van der Waals surface area contributed by atoms with Crippen molar-refractivity contribution < 1.29 is 4.79 Å². The summed E-state index contributed by atoms with van der Waals surface area (Å²) in [5.41, 5.74) is 1.82. The maximum atomic E-state index is 12.7. The molecule has 0 rings (SSSR count). The summed E-state index contributed by atoms with van der Waals surface area (Å²) in [6.45, 7) is 23.5. The molecule has 0 aliphatic heterocycles. The van der Waals surface area contributed by atoms with Crippen LogP contribution in [0.1, 0.15) is 61.3 Å². The fourth-order valence-electron chi connectivity index (χ4n) is 2.68. The Morgan fingerprint density at radius 1 is 1.03 bits per heavy atom. The van der Waals surface area contributed by atoms with Crippen molar-refractivity contribution in [3.63, 3.8) is 0 Å². The monoisotopic (exact) mass is 400 g/mol. The Morgan fingerprint density at radius 3 is 2.10 bits per heavy atom. The minimum atomic E-state index is -0.0549. The van der Waals surface area contributed by atoms with Gasteiger partial charge in [0, 0.05) is 18.2 Å². The first-order valence-corrected chi connectivity index (χ1v) is 10.8. The standard InChI is InChI=1S/C24H38N2O.C2H6/c1-8-13-20(14-9-2)19-25-18-17-22(24(6,7)12-5)26-23(27)21(15-10-3)16-11-4;1-2/h8-11,13-16,22,25H,1,3,12,17-19H2,2,4-7H3,(H,26,27);1-2H3/b14-9-,16-11-,20-13+,21-15+;. The highest BCUT2D eigenvalue weighted by Gasteiger charge is 2.29. The topological polar surface area (TPSA) is 41.1 Å². The number of allylic oxidation sites excluding steroid dienone is 6. The lowest BCUT2D eigenvalue weighted by Gasteiger charge is -2.34. The van der Waals surface area contributed by atoms with Crippen LogP contribution in [0.15, 0.2) is 72.9 Å². The number of amides is 1. The number of carbonyl (C=O) groups is 1. The fraction of sp³-hybridized carbons (Fsp3) is 0.500. The molecule has 3 heteroatoms. The molecule has 0 aliphatic carbocycles. The Balaban J connectivity index is 0. The van der Waals surface area contributed by atoms with E-state index in [0.29, 0.717) is 5.57 Å². The SMILES string of the molecule is C=C/C=C(\C=C/C)CNCCC(NC(=O)C(/C=C\C)=C/C=C)C(C)(C)CC.CC. The van der Waals surface area contributed by atoms with E-state index in [4.69, 9.17) is 0 Å². The van der Waals surface area contributed by atoms with E-state index in [-0.39, 0.29) is 17.4 Å². The summed E-state index contributed by atoms with van der Waals surface area (Å²) in [4.78, 5) is 12.7. The summed E-state index contributed by atoms with van der Waals surface area (Å²) in [7, 11) is 0. The van der Waals surface area contributed by atoms with Crippen LogP contribution in [0.5, 0.6) is 0 Å². The van der Waals surface area contributed by atoms with Gasteiger partial charge in [-0.25, -0.2) is 0 Å². The molecule has 0 bridgehead atoms. The molecule has 0 aliphatic rings. The molecule has 0 fully saturated rings. The summed E-state index contributed by atoms with van der Waals surface area (Å²) < 4.78 is 0. The quantitative estimate of drug-likeness (QED) is 0.217. The Hall–Kier alpha value is -2.13. The number of rotatable bonds is 13. The highest BCUT2D eigenvalue weighted by Crippen LogP contribution is 2.27. The molecular formula is C26H44N2O. The van der Waals surface area contributed by atoms with Gasteiger partial charge in [0.2, 0.25) is 0 Å². The molecule has 29 heavy (non-hydrogen) atoms. The van der Waals surface area contributed by atoms with Gasteiger partial charge in [-0.2, -0.15) is 0 Å². The molecule has 3 nitrogen and oxygen atoms in total. The fourth-order valence-corrected chi connectivity index (χ4v) is 2.68. The minimum Gasteiger partial charge on any atom is -0.349 e. The van der Waals surface area contributed by atoms with Crippen LogP contribution in [0, 0.1) is 5.41 Å². The zero-order valence-corrected chi connectivity index (χ0v) is 19.8. The first-order valence-electron chi connectivity index (χ1n) is 10.8. The first kappa shape index (κ1) is 29.1. The molecule has 0 aromatic carbocycles. The van der Waals surface area contributed by atoms with E-state index in [1.165, 1.54) is 5.57 Å². The third kappa shape index (κ3) is 12.8. The smallest absolute Gasteiger partial charge is 0.251 e. The molecule has 2 N–H and O–H groups in total. The average molecular weight is 401 g/mol. The second-order valence-corrected chi connectivity index (χ2v) is 7.17. The maximum Gasteiger partial charge on any atom is 0.251 e. The molecule has 0 heterocycles. The molecular weight excluding hydrogens is 356 g/mol. The van der Waals surface area contributed by atoms with Gasteiger partial charge in [-0.3, -0.25) is 4.79 Å². The molecule has 1 atom stereocenters. The molecule has 0 saturated carbocycles. The van der Waals surface area contributed by atoms with Gasteiger partial charge in [0.05, 0.1) is 0 Å². The Labute approximate surface area is 180 Å². The summed E-state index contributed by atoms with van der Waals surface area (Å²) in [6.07, 6.45) is 16.8. The van der Waals surface area contributed by atoms with E-state index in [1.54, 1.807) is 18.2 Å². The summed E-state index contributed by atoms with van der Waals surface area (Å²) in [5, 5.41) is 6.70. The van der Waals surface area contributed by atoms with Crippen molar-refractivity contribution in [1.29, 1.82) is 0 Å². The Kier molecular flexibility index (Phi) is 18.0. The van der Waals surface area contributed by atoms with Gasteiger partial charge in [0.1, 0.15) is 0 Å². The summed E-state index contributed by atoms with van der Waals surface area (Å²) >= 11 is 0. The predicted octanol–water partition coefficient (Wildman–Crippen LogP) is 6.29. The predicted molar refractivity (Wildman–Crippen MR) is 131 cm³/mol. The molecule has 0 spiro atoms. The normalized spacial score (nSPS) is 13.8. The van der Waals surface area contributed by atoms with E-state index in [0.717, 1.165) is 25.9 Å². The van der Waals surface area contributed by atoms with E-state index in [2.05, 4.69) is 50.6 Å². The van der Waals surface area contributed by atoms with Gasteiger partial charge in [-0.05, 0) is 44.2 Å². The van der Waals surface area contributed by atoms with Crippen molar-refractivity contribution in [3.05, 3.63) is 72.9 Å². The summed E-state index contributed by atoms with van der Waals surface area (Å²) in [6, 6.07) is 0.0783. The zero-order chi connectivity index (χ0) is 22.7. The van der Waals surface area contributed by atoms with Crippen LogP contribution in [0.25, 0.3) is 0 Å². The van der Waals surface area contributed by atoms with Crippen molar-refractivity contribution in [2.75, 3.05) is 13.1 Å². The molecule has 0 aromatic heterocycles. The molecule has 1 unspecified atom stereocenters. The van der Waals surface area contributed by atoms with Gasteiger partial charge >= 0.3 is 0 Å². The third-order valence-corrected chi connectivity index (χ3v) is 4.72. The second kappa shape index (κ2) is 17.9. The van der Waals surface area contributed by atoms with Gasteiger partial charge in [0.25, 0.3) is 5.91 Å². The van der Waals surface area contributed by atoms with Crippen LogP contribution in [0.2, 0.25) is 0 Å². The molecule has 164 valence electrons. The van der Waals surface area contributed by atoms with E-state index >= 15 is 0 Å². The van der Waals surface area contributed by atoms with Gasteiger partial charge in [-0.15, -0.1) is 0 Å². The molecule has 1 amide bonds. The lowest BCUT2D eigenvalue weighted by molar-refractivity contribution is -0.118. The van der Waals surface area contributed by atoms with Crippen molar-refractivity contribution in [3.8, 4) is 0 Å². The van der Waals surface area contributed by atoms with E-state index in [1.807, 2.05) is 52.0 Å². The van der Waals surface area contributed by atoms with Crippen LogP contribution in [0.3, 0.4) is 0 Å². The lowest BCUT2D eigenvalue weighted by Crippen LogP contribution is -2.46. The van der Waals surface area contributed by atoms with Crippen molar-refractivity contribution in [2.24, 2.45) is 5.41 Å². The molecule has 0 radical (unpaired) electrons. The Morgan fingerprint density at radius 2 is 1.62 bits per heavy atom. The molecule has 0 saturated heterocycles. The Bertz CT molecular complexity index is 592. The second-order valence-electron chi connectivity index (χ2n) is 7.17. The van der Waals surface area contributed by atoms with E-state index < -0.39 is 0 Å². The van der Waals surface area contributed by atoms with Gasteiger partial charge in [-0.1, -0.05) is 96.4 Å². The van der Waals surface area contributed by atoms with Gasteiger partial charge in [0.15, 0.2) is 0 Å². The largest absolute Gasteiger partial charge is 0.349 e. The maximum absolute atomic E-state index is 12.7. The third-order valence-electron chi connectivity index (χ3n) is 4.72. The van der Waals surface area contributed by atoms with Crippen molar-refractivity contribution in [2.45, 2.75) is 67.3 Å². The van der Waals surface area contributed by atoms with Crippen molar-refractivity contribution >= 4 is 5.91 Å². The van der Waals surface area contributed by atoms with Crippen LogP contribution in [-0.2, 0) is 4.79 Å². The molecule has 0 aromatic rings. The van der Waals surface area contributed by atoms with Crippen LogP contribution >= 0.6 is 0 Å². The van der Waals surface area contributed by atoms with Crippen LogP contribution in [0.4, 0.5) is 0 Å². The summed E-state index contributed by atoms with van der Waals surface area (Å²) in [5.74, 6) is -0.0549. The van der Waals surface area contributed by atoms with Crippen molar-refractivity contribution in [1.82, 2.24) is 10.6 Å².